The summed E-state index contributed by atoms with van der Waals surface area (Å²) in [4.78, 5) is 11.7. The largest absolute Gasteiger partial charge is 0.299 e. The van der Waals surface area contributed by atoms with Crippen molar-refractivity contribution in [3.63, 3.8) is 0 Å². The van der Waals surface area contributed by atoms with Gasteiger partial charge >= 0.3 is 0 Å². The third kappa shape index (κ3) is 1.70. The van der Waals surface area contributed by atoms with E-state index in [1.54, 1.807) is 0 Å². The molecule has 0 aromatic heterocycles. The highest BCUT2D eigenvalue weighted by molar-refractivity contribution is 5.82. The van der Waals surface area contributed by atoms with E-state index in [0.29, 0.717) is 23.5 Å². The first-order chi connectivity index (χ1) is 6.16. The monoisotopic (exact) mass is 178 g/mol. The van der Waals surface area contributed by atoms with Crippen LogP contribution in [0.15, 0.2) is 11.6 Å². The lowest BCUT2D eigenvalue weighted by molar-refractivity contribution is -0.128. The number of fused-ring (bicyclic) bond motifs is 1. The second-order valence-corrected chi connectivity index (χ2v) is 4.87. The first-order valence-corrected chi connectivity index (χ1v) is 5.35. The van der Waals surface area contributed by atoms with Crippen LogP contribution in [-0.4, -0.2) is 5.78 Å². The average Bonchev–Trinajstić information content (AvgIpc) is 2.02. The quantitative estimate of drug-likeness (QED) is 0.521. The highest BCUT2D eigenvalue weighted by atomic mass is 16.1. The van der Waals surface area contributed by atoms with Gasteiger partial charge in [0.15, 0.2) is 0 Å². The summed E-state index contributed by atoms with van der Waals surface area (Å²) >= 11 is 0. The van der Waals surface area contributed by atoms with E-state index in [9.17, 15) is 4.79 Å². The van der Waals surface area contributed by atoms with Crippen LogP contribution in [0, 0.1) is 17.8 Å². The SMILES string of the molecule is CC1=CC[C@@H]2C(=O)C[C@H](C)C[C@H]2C1. The van der Waals surface area contributed by atoms with Gasteiger partial charge in [-0.05, 0) is 38.0 Å². The molecule has 2 aliphatic carbocycles. The molecule has 1 nitrogen and oxygen atoms in total. The van der Waals surface area contributed by atoms with E-state index >= 15 is 0 Å². The Morgan fingerprint density at radius 3 is 2.92 bits per heavy atom. The topological polar surface area (TPSA) is 17.1 Å². The Bertz CT molecular complexity index is 252. The van der Waals surface area contributed by atoms with Gasteiger partial charge in [0.1, 0.15) is 5.78 Å². The fraction of sp³-hybridized carbons (Fsp3) is 0.750. The molecule has 1 fully saturated rings. The third-order valence-corrected chi connectivity index (χ3v) is 3.54. The Hall–Kier alpha value is -0.590. The van der Waals surface area contributed by atoms with Crippen molar-refractivity contribution in [3.8, 4) is 0 Å². The molecule has 2 rings (SSSR count). The minimum Gasteiger partial charge on any atom is -0.299 e. The first-order valence-electron chi connectivity index (χ1n) is 5.35. The number of allylic oxidation sites excluding steroid dienone is 2. The Balaban J connectivity index is 2.15. The van der Waals surface area contributed by atoms with Crippen molar-refractivity contribution in [3.05, 3.63) is 11.6 Å². The summed E-state index contributed by atoms with van der Waals surface area (Å²) in [6.45, 7) is 4.40. The molecule has 0 aromatic rings. The standard InChI is InChI=1S/C12H18O/c1-8-3-4-11-10(5-8)6-9(2)7-12(11)13/h3,9-11H,4-7H2,1-2H3/t9-,10-,11+/m1/s1. The van der Waals surface area contributed by atoms with E-state index in [2.05, 4.69) is 19.9 Å². The van der Waals surface area contributed by atoms with Crippen molar-refractivity contribution < 1.29 is 4.79 Å². The van der Waals surface area contributed by atoms with Crippen molar-refractivity contribution in [1.29, 1.82) is 0 Å². The molecule has 72 valence electrons. The number of hydrogen-bond acceptors (Lipinski definition) is 1. The van der Waals surface area contributed by atoms with E-state index in [1.807, 2.05) is 0 Å². The Kier molecular flexibility index (Phi) is 2.27. The van der Waals surface area contributed by atoms with Gasteiger partial charge in [0, 0.05) is 12.3 Å². The summed E-state index contributed by atoms with van der Waals surface area (Å²) in [6.07, 6.45) is 6.54. The van der Waals surface area contributed by atoms with Crippen LogP contribution in [0.1, 0.15) is 39.5 Å². The van der Waals surface area contributed by atoms with Gasteiger partial charge < -0.3 is 0 Å². The summed E-state index contributed by atoms with van der Waals surface area (Å²) in [5.41, 5.74) is 1.49. The van der Waals surface area contributed by atoms with Gasteiger partial charge in [-0.3, -0.25) is 4.79 Å². The van der Waals surface area contributed by atoms with E-state index in [0.717, 1.165) is 12.8 Å². The molecule has 0 heterocycles. The fourth-order valence-electron chi connectivity index (χ4n) is 2.90. The molecule has 1 saturated carbocycles. The lowest BCUT2D eigenvalue weighted by atomic mass is 9.68. The van der Waals surface area contributed by atoms with Gasteiger partial charge in [-0.2, -0.15) is 0 Å². The van der Waals surface area contributed by atoms with Gasteiger partial charge in [0.25, 0.3) is 0 Å². The van der Waals surface area contributed by atoms with Crippen LogP contribution < -0.4 is 0 Å². The third-order valence-electron chi connectivity index (χ3n) is 3.54. The normalized spacial score (nSPS) is 39.7. The van der Waals surface area contributed by atoms with E-state index in [1.165, 1.54) is 18.4 Å². The Morgan fingerprint density at radius 1 is 1.38 bits per heavy atom. The predicted molar refractivity (Wildman–Crippen MR) is 53.4 cm³/mol. The molecule has 0 bridgehead atoms. The highest BCUT2D eigenvalue weighted by Gasteiger charge is 2.35. The summed E-state index contributed by atoms with van der Waals surface area (Å²) in [7, 11) is 0. The molecule has 0 aromatic carbocycles. The van der Waals surface area contributed by atoms with E-state index in [4.69, 9.17) is 0 Å². The van der Waals surface area contributed by atoms with Crippen LogP contribution in [0.2, 0.25) is 0 Å². The van der Waals surface area contributed by atoms with Crippen LogP contribution in [0.25, 0.3) is 0 Å². The van der Waals surface area contributed by atoms with Crippen LogP contribution >= 0.6 is 0 Å². The molecule has 3 atom stereocenters. The van der Waals surface area contributed by atoms with Crippen molar-refractivity contribution in [2.75, 3.05) is 0 Å². The molecule has 2 aliphatic rings. The zero-order valence-electron chi connectivity index (χ0n) is 8.55. The number of ketones is 1. The lowest BCUT2D eigenvalue weighted by Crippen LogP contribution is -2.33. The van der Waals surface area contributed by atoms with Crippen molar-refractivity contribution >= 4 is 5.78 Å². The van der Waals surface area contributed by atoms with Crippen LogP contribution in [-0.2, 0) is 4.79 Å². The maximum absolute atomic E-state index is 11.7. The molecule has 0 spiro atoms. The second kappa shape index (κ2) is 3.28. The molecule has 0 radical (unpaired) electrons. The number of carbonyl (C=O) groups excluding carboxylic acids is 1. The van der Waals surface area contributed by atoms with Crippen LogP contribution in [0.3, 0.4) is 0 Å². The van der Waals surface area contributed by atoms with Gasteiger partial charge in [-0.1, -0.05) is 18.6 Å². The lowest BCUT2D eigenvalue weighted by Gasteiger charge is -2.36. The Morgan fingerprint density at radius 2 is 2.15 bits per heavy atom. The molecule has 1 heteroatoms. The molecule has 13 heavy (non-hydrogen) atoms. The zero-order valence-corrected chi connectivity index (χ0v) is 8.55. The molecular formula is C12H18O. The van der Waals surface area contributed by atoms with E-state index < -0.39 is 0 Å². The zero-order chi connectivity index (χ0) is 9.42. The predicted octanol–water partition coefficient (Wildman–Crippen LogP) is 2.96. The maximum atomic E-state index is 11.7. The van der Waals surface area contributed by atoms with Gasteiger partial charge in [0.2, 0.25) is 0 Å². The van der Waals surface area contributed by atoms with E-state index in [-0.39, 0.29) is 0 Å². The summed E-state index contributed by atoms with van der Waals surface area (Å²) < 4.78 is 0. The van der Waals surface area contributed by atoms with Crippen molar-refractivity contribution in [1.82, 2.24) is 0 Å². The van der Waals surface area contributed by atoms with Crippen LogP contribution in [0.5, 0.6) is 0 Å². The number of carbonyl (C=O) groups is 1. The fourth-order valence-corrected chi connectivity index (χ4v) is 2.90. The minimum absolute atomic E-state index is 0.375. The summed E-state index contributed by atoms with van der Waals surface area (Å²) in [5.74, 6) is 2.19. The van der Waals surface area contributed by atoms with Gasteiger partial charge in [-0.15, -0.1) is 0 Å². The second-order valence-electron chi connectivity index (χ2n) is 4.87. The molecular weight excluding hydrogens is 160 g/mol. The van der Waals surface area contributed by atoms with Crippen molar-refractivity contribution in [2.45, 2.75) is 39.5 Å². The molecule has 0 aliphatic heterocycles. The number of Topliss-reactive ketones (excluding diaryl/α,β-unsaturated/α-hetero) is 1. The molecule has 0 N–H and O–H groups in total. The summed E-state index contributed by atoms with van der Waals surface area (Å²) in [6, 6.07) is 0. The first kappa shape index (κ1) is 8.98. The average molecular weight is 178 g/mol. The van der Waals surface area contributed by atoms with Crippen molar-refractivity contribution in [2.24, 2.45) is 17.8 Å². The number of rotatable bonds is 0. The highest BCUT2D eigenvalue weighted by Crippen LogP contribution is 2.40. The molecule has 0 saturated heterocycles. The molecule has 0 amide bonds. The smallest absolute Gasteiger partial charge is 0.136 e. The molecule has 0 unspecified atom stereocenters. The minimum atomic E-state index is 0.375. The summed E-state index contributed by atoms with van der Waals surface area (Å²) in [5, 5.41) is 0. The van der Waals surface area contributed by atoms with Crippen LogP contribution in [0.4, 0.5) is 0 Å². The van der Waals surface area contributed by atoms with Gasteiger partial charge in [0.05, 0.1) is 0 Å². The number of hydrogen-bond donors (Lipinski definition) is 0. The van der Waals surface area contributed by atoms with Gasteiger partial charge in [-0.25, -0.2) is 0 Å². The Labute approximate surface area is 80.2 Å². The maximum Gasteiger partial charge on any atom is 0.136 e.